The molecule has 2 aromatic rings. The Hall–Kier alpha value is -2.93. The zero-order valence-corrected chi connectivity index (χ0v) is 20.3. The molecule has 1 fully saturated rings. The maximum atomic E-state index is 12.8. The Labute approximate surface area is 202 Å². The number of aryl methyl sites for hydroxylation is 4. The molecule has 2 aliphatic rings. The number of aliphatic carboxylic acids is 1. The third-order valence-electron chi connectivity index (χ3n) is 7.18. The van der Waals surface area contributed by atoms with Crippen molar-refractivity contribution in [2.75, 3.05) is 31.5 Å². The van der Waals surface area contributed by atoms with Gasteiger partial charge in [-0.2, -0.15) is 0 Å². The first-order valence-electron chi connectivity index (χ1n) is 12.5. The van der Waals surface area contributed by atoms with Gasteiger partial charge in [0.1, 0.15) is 11.9 Å². The van der Waals surface area contributed by atoms with Crippen LogP contribution in [0.25, 0.3) is 0 Å². The largest absolute Gasteiger partial charge is 0.480 e. The molecule has 0 unspecified atom stereocenters. The van der Waals surface area contributed by atoms with Gasteiger partial charge in [-0.3, -0.25) is 4.79 Å². The molecule has 1 aromatic carbocycles. The number of carboxylic acid groups (broad SMARTS) is 1. The predicted molar refractivity (Wildman–Crippen MR) is 133 cm³/mol. The van der Waals surface area contributed by atoms with Crippen LogP contribution >= 0.6 is 0 Å². The number of anilines is 1. The minimum absolute atomic E-state index is 0.311. The molecule has 0 bridgehead atoms. The van der Waals surface area contributed by atoms with Crippen LogP contribution in [-0.2, 0) is 17.6 Å². The fraction of sp³-hybridized carbons (Fsp3) is 0.519. The number of nitrogens with one attached hydrogen (secondary N) is 2. The van der Waals surface area contributed by atoms with Gasteiger partial charge in [0.15, 0.2) is 0 Å². The molecule has 1 aromatic heterocycles. The Balaban J connectivity index is 1.24. The van der Waals surface area contributed by atoms with Gasteiger partial charge in [-0.05, 0) is 87.6 Å². The van der Waals surface area contributed by atoms with Crippen LogP contribution in [0.4, 0.5) is 5.82 Å². The average Bonchev–Trinajstić information content (AvgIpc) is 3.28. The highest BCUT2D eigenvalue weighted by atomic mass is 16.4. The fourth-order valence-electron chi connectivity index (χ4n) is 5.18. The first kappa shape index (κ1) is 24.2. The molecule has 4 rings (SSSR count). The molecular weight excluding hydrogens is 428 g/mol. The number of benzene rings is 1. The Morgan fingerprint density at radius 1 is 1.24 bits per heavy atom. The molecule has 182 valence electrons. The zero-order chi connectivity index (χ0) is 24.1. The lowest BCUT2D eigenvalue weighted by molar-refractivity contribution is -0.139. The van der Waals surface area contributed by atoms with E-state index >= 15 is 0 Å². The summed E-state index contributed by atoms with van der Waals surface area (Å²) in [5.74, 6) is 0.356. The summed E-state index contributed by atoms with van der Waals surface area (Å²) in [5.41, 5.74) is 4.74. The Bertz CT molecular complexity index is 1020. The Kier molecular flexibility index (Phi) is 7.83. The highest BCUT2D eigenvalue weighted by Crippen LogP contribution is 2.24. The molecule has 0 aliphatic carbocycles. The molecular formula is C27H36N4O3. The van der Waals surface area contributed by atoms with E-state index in [4.69, 9.17) is 4.98 Å². The molecule has 7 nitrogen and oxygen atoms in total. The second-order valence-electron chi connectivity index (χ2n) is 9.75. The van der Waals surface area contributed by atoms with Crippen LogP contribution in [0.5, 0.6) is 0 Å². The number of nitrogens with zero attached hydrogens (tertiary/aromatic N) is 2. The fourth-order valence-corrected chi connectivity index (χ4v) is 5.18. The van der Waals surface area contributed by atoms with Gasteiger partial charge in [-0.25, -0.2) is 9.78 Å². The molecule has 3 N–H and O–H groups in total. The van der Waals surface area contributed by atoms with Gasteiger partial charge in [0.05, 0.1) is 0 Å². The summed E-state index contributed by atoms with van der Waals surface area (Å²) in [5, 5.41) is 15.8. The second kappa shape index (κ2) is 11.0. The normalized spacial score (nSPS) is 18.7. The number of carboxylic acids is 1. The van der Waals surface area contributed by atoms with Crippen LogP contribution in [0.1, 0.15) is 58.4 Å². The first-order valence-corrected chi connectivity index (χ1v) is 12.5. The van der Waals surface area contributed by atoms with Crippen LogP contribution in [0.15, 0.2) is 30.3 Å². The van der Waals surface area contributed by atoms with Gasteiger partial charge >= 0.3 is 5.97 Å². The number of hydrogen-bond acceptors (Lipinski definition) is 5. The summed E-state index contributed by atoms with van der Waals surface area (Å²) in [6.45, 7) is 7.36. The number of aromatic nitrogens is 1. The minimum atomic E-state index is -0.984. The number of fused-ring (bicyclic) bond motifs is 1. The smallest absolute Gasteiger partial charge is 0.326 e. The maximum Gasteiger partial charge on any atom is 0.326 e. The molecule has 0 spiro atoms. The molecule has 2 atom stereocenters. The summed E-state index contributed by atoms with van der Waals surface area (Å²) in [6.07, 6.45) is 5.86. The van der Waals surface area contributed by atoms with E-state index in [0.29, 0.717) is 24.4 Å². The highest BCUT2D eigenvalue weighted by molar-refractivity contribution is 5.99. The SMILES string of the molecule is Cc1cccc(C)c1C(=O)N[C@@H](CCN1CC[C@H](CCc2ccc3c(n2)NCCC3)C1)C(=O)O. The lowest BCUT2D eigenvalue weighted by atomic mass is 10.00. The summed E-state index contributed by atoms with van der Waals surface area (Å²) in [6, 6.07) is 9.13. The Morgan fingerprint density at radius 3 is 2.79 bits per heavy atom. The van der Waals surface area contributed by atoms with Gasteiger partial charge < -0.3 is 20.6 Å². The minimum Gasteiger partial charge on any atom is -0.480 e. The molecule has 34 heavy (non-hydrogen) atoms. The second-order valence-corrected chi connectivity index (χ2v) is 9.75. The Morgan fingerprint density at radius 2 is 2.03 bits per heavy atom. The van der Waals surface area contributed by atoms with E-state index in [-0.39, 0.29) is 5.91 Å². The molecule has 3 heterocycles. The van der Waals surface area contributed by atoms with Gasteiger partial charge in [0.25, 0.3) is 5.91 Å². The average molecular weight is 465 g/mol. The first-order chi connectivity index (χ1) is 16.4. The van der Waals surface area contributed by atoms with Gasteiger partial charge in [-0.15, -0.1) is 0 Å². The number of pyridine rings is 1. The lowest BCUT2D eigenvalue weighted by Gasteiger charge is -2.21. The van der Waals surface area contributed by atoms with E-state index in [1.807, 2.05) is 32.0 Å². The van der Waals surface area contributed by atoms with Gasteiger partial charge in [0.2, 0.25) is 0 Å². The third-order valence-corrected chi connectivity index (χ3v) is 7.18. The topological polar surface area (TPSA) is 94.6 Å². The summed E-state index contributed by atoms with van der Waals surface area (Å²) < 4.78 is 0. The molecule has 2 aliphatic heterocycles. The maximum absolute atomic E-state index is 12.8. The molecule has 7 heteroatoms. The van der Waals surface area contributed by atoms with E-state index in [2.05, 4.69) is 27.7 Å². The number of rotatable bonds is 9. The van der Waals surface area contributed by atoms with Crippen LogP contribution in [0.2, 0.25) is 0 Å². The van der Waals surface area contributed by atoms with Crippen LogP contribution in [0.3, 0.4) is 0 Å². The predicted octanol–water partition coefficient (Wildman–Crippen LogP) is 3.58. The lowest BCUT2D eigenvalue weighted by Crippen LogP contribution is -2.43. The van der Waals surface area contributed by atoms with Crippen molar-refractivity contribution >= 4 is 17.7 Å². The molecule has 1 saturated heterocycles. The monoisotopic (exact) mass is 464 g/mol. The number of hydrogen-bond donors (Lipinski definition) is 3. The van der Waals surface area contributed by atoms with Crippen LogP contribution in [0, 0.1) is 19.8 Å². The van der Waals surface area contributed by atoms with Crippen molar-refractivity contribution in [2.24, 2.45) is 5.92 Å². The van der Waals surface area contributed by atoms with Crippen molar-refractivity contribution in [1.82, 2.24) is 15.2 Å². The highest BCUT2D eigenvalue weighted by Gasteiger charge is 2.26. The number of carbonyl (C=O) groups excluding carboxylic acids is 1. The van der Waals surface area contributed by atoms with E-state index in [0.717, 1.165) is 68.0 Å². The van der Waals surface area contributed by atoms with Crippen molar-refractivity contribution in [1.29, 1.82) is 0 Å². The zero-order valence-electron chi connectivity index (χ0n) is 20.3. The summed E-state index contributed by atoms with van der Waals surface area (Å²) in [4.78, 5) is 31.7. The van der Waals surface area contributed by atoms with E-state index < -0.39 is 12.0 Å². The molecule has 0 radical (unpaired) electrons. The van der Waals surface area contributed by atoms with Crippen LogP contribution < -0.4 is 10.6 Å². The van der Waals surface area contributed by atoms with E-state index in [9.17, 15) is 14.7 Å². The quantitative estimate of drug-likeness (QED) is 0.525. The third kappa shape index (κ3) is 5.95. The van der Waals surface area contributed by atoms with Gasteiger partial charge in [0, 0.05) is 30.9 Å². The van der Waals surface area contributed by atoms with Crippen LogP contribution in [-0.4, -0.2) is 59.1 Å². The summed E-state index contributed by atoms with van der Waals surface area (Å²) in [7, 11) is 0. The van der Waals surface area contributed by atoms with E-state index in [1.54, 1.807) is 0 Å². The number of likely N-dealkylation sites (tertiary alicyclic amines) is 1. The summed E-state index contributed by atoms with van der Waals surface area (Å²) >= 11 is 0. The van der Waals surface area contributed by atoms with Crippen molar-refractivity contribution < 1.29 is 14.7 Å². The standard InChI is InChI=1S/C27H36N4O3/c1-18-5-3-6-19(2)24(18)26(32)30-23(27(33)34)13-16-31-15-12-20(17-31)8-10-22-11-9-21-7-4-14-28-25(21)29-22/h3,5-6,9,11,20,23H,4,7-8,10,12-17H2,1-2H3,(H,28,29)(H,30,32)(H,33,34)/t20-,23-/m0/s1. The van der Waals surface area contributed by atoms with E-state index in [1.165, 1.54) is 12.0 Å². The van der Waals surface area contributed by atoms with Crippen molar-refractivity contribution in [2.45, 2.75) is 58.4 Å². The number of carbonyl (C=O) groups is 2. The van der Waals surface area contributed by atoms with Crippen molar-refractivity contribution in [3.63, 3.8) is 0 Å². The van der Waals surface area contributed by atoms with Crippen molar-refractivity contribution in [3.05, 3.63) is 58.3 Å². The number of amides is 1. The molecule has 1 amide bonds. The van der Waals surface area contributed by atoms with Gasteiger partial charge in [-0.1, -0.05) is 24.3 Å². The van der Waals surface area contributed by atoms with Crippen molar-refractivity contribution in [3.8, 4) is 0 Å². The molecule has 0 saturated carbocycles.